The fourth-order valence-electron chi connectivity index (χ4n) is 4.64. The molecule has 0 N–H and O–H groups in total. The highest BCUT2D eigenvalue weighted by molar-refractivity contribution is 7.21. The second kappa shape index (κ2) is 8.11. The van der Waals surface area contributed by atoms with E-state index in [0.717, 1.165) is 38.0 Å². The first-order valence-corrected chi connectivity index (χ1v) is 12.8. The highest BCUT2D eigenvalue weighted by atomic mass is 32.1. The molecule has 3 aromatic heterocycles. The van der Waals surface area contributed by atoms with Crippen molar-refractivity contribution in [3.8, 4) is 21.7 Å². The van der Waals surface area contributed by atoms with Crippen LogP contribution in [0.1, 0.15) is 50.7 Å². The molecule has 0 saturated carbocycles. The Kier molecular flexibility index (Phi) is 5.04. The lowest BCUT2D eigenvalue weighted by atomic mass is 9.93. The molecular formula is C31H27NOS. The molecule has 3 heterocycles. The molecule has 0 atom stereocenters. The first kappa shape index (κ1) is 21.1. The number of aromatic nitrogens is 1. The number of benzene rings is 3. The number of rotatable bonds is 4. The molecule has 0 fully saturated rings. The molecule has 0 radical (unpaired) electrons. The summed E-state index contributed by atoms with van der Waals surface area (Å²) in [5.74, 6) is 1.00. The van der Waals surface area contributed by atoms with Gasteiger partial charge in [0.1, 0.15) is 16.0 Å². The average Bonchev–Trinajstić information content (AvgIpc) is 3.44. The monoisotopic (exact) mass is 461 g/mol. The maximum Gasteiger partial charge on any atom is 0.144 e. The number of hydrogen-bond acceptors (Lipinski definition) is 3. The van der Waals surface area contributed by atoms with Gasteiger partial charge < -0.3 is 4.42 Å². The molecule has 2 nitrogen and oxygen atoms in total. The first-order valence-electron chi connectivity index (χ1n) is 11.9. The molecule has 0 aliphatic rings. The summed E-state index contributed by atoms with van der Waals surface area (Å²) in [5.41, 5.74) is 7.87. The molecule has 3 heteroatoms. The third kappa shape index (κ3) is 3.52. The zero-order chi connectivity index (χ0) is 23.4. The van der Waals surface area contributed by atoms with E-state index in [9.17, 15) is 0 Å². The van der Waals surface area contributed by atoms with Gasteiger partial charge in [0.2, 0.25) is 0 Å². The lowest BCUT2D eigenvalue weighted by molar-refractivity contribution is 0.670. The molecule has 0 spiro atoms. The van der Waals surface area contributed by atoms with Gasteiger partial charge in [-0.1, -0.05) is 76.2 Å². The predicted molar refractivity (Wildman–Crippen MR) is 146 cm³/mol. The third-order valence-electron chi connectivity index (χ3n) is 6.66. The Balaban J connectivity index is 1.48. The number of hydrogen-bond donors (Lipinski definition) is 0. The summed E-state index contributed by atoms with van der Waals surface area (Å²) < 4.78 is 6.26. The first-order chi connectivity index (χ1) is 16.5. The smallest absolute Gasteiger partial charge is 0.144 e. The Morgan fingerprint density at radius 3 is 2.24 bits per heavy atom. The zero-order valence-electron chi connectivity index (χ0n) is 19.9. The van der Waals surface area contributed by atoms with Crippen molar-refractivity contribution in [1.29, 1.82) is 0 Å². The Labute approximate surface area is 203 Å². The Bertz CT molecular complexity index is 1640. The van der Waals surface area contributed by atoms with E-state index in [2.05, 4.69) is 94.4 Å². The van der Waals surface area contributed by atoms with E-state index in [1.807, 2.05) is 12.1 Å². The van der Waals surface area contributed by atoms with Crippen LogP contribution in [0.15, 0.2) is 83.3 Å². The second-order valence-corrected chi connectivity index (χ2v) is 10.7. The summed E-state index contributed by atoms with van der Waals surface area (Å²) in [6.07, 6.45) is 0. The maximum absolute atomic E-state index is 6.26. The van der Waals surface area contributed by atoms with Gasteiger partial charge in [-0.2, -0.15) is 0 Å². The number of nitrogens with zero attached hydrogens (tertiary/aromatic N) is 1. The van der Waals surface area contributed by atoms with Crippen LogP contribution in [0.5, 0.6) is 0 Å². The fourth-order valence-corrected chi connectivity index (χ4v) is 5.66. The Morgan fingerprint density at radius 2 is 1.47 bits per heavy atom. The molecule has 6 rings (SSSR count). The molecule has 168 valence electrons. The third-order valence-corrected chi connectivity index (χ3v) is 7.75. The highest BCUT2D eigenvalue weighted by Crippen LogP contribution is 2.39. The van der Waals surface area contributed by atoms with Gasteiger partial charge in [-0.15, -0.1) is 11.3 Å². The van der Waals surface area contributed by atoms with Crippen molar-refractivity contribution in [3.05, 3.63) is 90.0 Å². The molecule has 0 saturated heterocycles. The maximum atomic E-state index is 6.26. The van der Waals surface area contributed by atoms with E-state index in [1.165, 1.54) is 27.0 Å². The minimum atomic E-state index is 0.501. The number of fused-ring (bicyclic) bond motifs is 4. The molecule has 6 aromatic rings. The van der Waals surface area contributed by atoms with E-state index in [-0.39, 0.29) is 0 Å². The van der Waals surface area contributed by atoms with Crippen molar-refractivity contribution < 1.29 is 4.42 Å². The molecule has 3 aromatic carbocycles. The number of thiophene rings is 1. The van der Waals surface area contributed by atoms with Crippen LogP contribution in [0.2, 0.25) is 0 Å². The standard InChI is InChI=1S/C31H27NOS/c1-18(2)21-14-22(19(3)4)16-23(15-21)29-17-20-12-13-27(32-31(20)34-29)26-10-7-9-25-24-8-5-6-11-28(24)33-30(25)26/h5-19H,1-4H3. The van der Waals surface area contributed by atoms with Crippen LogP contribution in [0.25, 0.3) is 53.9 Å². The summed E-state index contributed by atoms with van der Waals surface area (Å²) in [5, 5.41) is 3.46. The largest absolute Gasteiger partial charge is 0.455 e. The minimum Gasteiger partial charge on any atom is -0.455 e. The van der Waals surface area contributed by atoms with Crippen LogP contribution in [-0.4, -0.2) is 4.98 Å². The predicted octanol–water partition coefficient (Wildman–Crippen LogP) is 9.78. The van der Waals surface area contributed by atoms with Crippen molar-refractivity contribution in [1.82, 2.24) is 4.98 Å². The summed E-state index contributed by atoms with van der Waals surface area (Å²) in [4.78, 5) is 7.41. The second-order valence-electron chi connectivity index (χ2n) is 9.68. The van der Waals surface area contributed by atoms with E-state index >= 15 is 0 Å². The van der Waals surface area contributed by atoms with E-state index in [1.54, 1.807) is 11.3 Å². The van der Waals surface area contributed by atoms with Crippen molar-refractivity contribution in [2.75, 3.05) is 0 Å². The van der Waals surface area contributed by atoms with Gasteiger partial charge in [0.05, 0.1) is 5.69 Å². The summed E-state index contributed by atoms with van der Waals surface area (Å²) in [6, 6.07) is 28.2. The van der Waals surface area contributed by atoms with E-state index in [4.69, 9.17) is 9.40 Å². The van der Waals surface area contributed by atoms with E-state index < -0.39 is 0 Å². The van der Waals surface area contributed by atoms with Crippen LogP contribution in [0.3, 0.4) is 0 Å². The van der Waals surface area contributed by atoms with Crippen LogP contribution < -0.4 is 0 Å². The van der Waals surface area contributed by atoms with Gasteiger partial charge >= 0.3 is 0 Å². The molecule has 0 amide bonds. The highest BCUT2D eigenvalue weighted by Gasteiger charge is 2.15. The number of furan rings is 1. The summed E-state index contributed by atoms with van der Waals surface area (Å²) in [6.45, 7) is 9.06. The SMILES string of the molecule is CC(C)c1cc(-c2cc3ccc(-c4cccc5c4oc4ccccc45)nc3s2)cc(C(C)C)c1. The molecule has 0 unspecified atom stereocenters. The van der Waals surface area contributed by atoms with Crippen molar-refractivity contribution in [2.45, 2.75) is 39.5 Å². The normalized spacial score (nSPS) is 12.1. The van der Waals surface area contributed by atoms with Gasteiger partial charge in [-0.05, 0) is 58.9 Å². The quantitative estimate of drug-likeness (QED) is 0.261. The number of para-hydroxylation sites is 2. The zero-order valence-corrected chi connectivity index (χ0v) is 20.7. The van der Waals surface area contributed by atoms with Gasteiger partial charge in [0.25, 0.3) is 0 Å². The van der Waals surface area contributed by atoms with Crippen molar-refractivity contribution in [3.63, 3.8) is 0 Å². The molecule has 0 aliphatic heterocycles. The van der Waals surface area contributed by atoms with Gasteiger partial charge in [-0.25, -0.2) is 4.98 Å². The van der Waals surface area contributed by atoms with Crippen LogP contribution >= 0.6 is 11.3 Å². The van der Waals surface area contributed by atoms with Crippen LogP contribution in [0, 0.1) is 0 Å². The average molecular weight is 462 g/mol. The summed E-state index contributed by atoms with van der Waals surface area (Å²) >= 11 is 1.77. The van der Waals surface area contributed by atoms with Crippen molar-refractivity contribution >= 4 is 43.5 Å². The molecule has 0 bridgehead atoms. The van der Waals surface area contributed by atoms with Crippen LogP contribution in [-0.2, 0) is 0 Å². The molecular weight excluding hydrogens is 434 g/mol. The van der Waals surface area contributed by atoms with Gasteiger partial charge in [0, 0.05) is 26.6 Å². The fraction of sp³-hybridized carbons (Fsp3) is 0.194. The van der Waals surface area contributed by atoms with Gasteiger partial charge in [-0.3, -0.25) is 0 Å². The minimum absolute atomic E-state index is 0.501. The Hall–Kier alpha value is -3.43. The topological polar surface area (TPSA) is 26.0 Å². The van der Waals surface area contributed by atoms with E-state index in [0.29, 0.717) is 11.8 Å². The van der Waals surface area contributed by atoms with Crippen LogP contribution in [0.4, 0.5) is 0 Å². The molecule has 34 heavy (non-hydrogen) atoms. The summed E-state index contributed by atoms with van der Waals surface area (Å²) in [7, 11) is 0. The lowest BCUT2D eigenvalue weighted by Crippen LogP contribution is -1.94. The number of pyridine rings is 1. The van der Waals surface area contributed by atoms with Crippen molar-refractivity contribution in [2.24, 2.45) is 0 Å². The lowest BCUT2D eigenvalue weighted by Gasteiger charge is -2.13. The van der Waals surface area contributed by atoms with Gasteiger partial charge in [0.15, 0.2) is 0 Å². The Morgan fingerprint density at radius 1 is 0.735 bits per heavy atom. The molecule has 0 aliphatic carbocycles.